The van der Waals surface area contributed by atoms with Gasteiger partial charge in [0.15, 0.2) is 0 Å². The first-order valence-corrected chi connectivity index (χ1v) is 37.7. The minimum atomic E-state index is -0.664. The van der Waals surface area contributed by atoms with E-state index in [1.807, 2.05) is 0 Å². The summed E-state index contributed by atoms with van der Waals surface area (Å²) in [5.74, 6) is -0.0178. The van der Waals surface area contributed by atoms with Crippen molar-refractivity contribution in [1.29, 1.82) is 0 Å². The first kappa shape index (κ1) is 81.1. The summed E-state index contributed by atoms with van der Waals surface area (Å²) in [5, 5.41) is 23.4. The predicted octanol–water partition coefficient (Wildman–Crippen LogP) is 24.7. The molecule has 2 unspecified atom stereocenters. The molecule has 0 aliphatic carbocycles. The van der Waals surface area contributed by atoms with Crippen LogP contribution in [0.2, 0.25) is 0 Å². The van der Waals surface area contributed by atoms with Crippen molar-refractivity contribution in [2.75, 3.05) is 13.2 Å². The zero-order chi connectivity index (χ0) is 59.9. The topological polar surface area (TPSA) is 95.9 Å². The van der Waals surface area contributed by atoms with E-state index < -0.39 is 12.1 Å². The molecule has 2 atom stereocenters. The summed E-state index contributed by atoms with van der Waals surface area (Å²) in [4.78, 5) is 24.6. The van der Waals surface area contributed by atoms with Crippen molar-refractivity contribution < 1.29 is 24.5 Å². The molecule has 0 bridgehead atoms. The van der Waals surface area contributed by atoms with Crippen molar-refractivity contribution in [1.82, 2.24) is 5.32 Å². The fraction of sp³-hybridized carbons (Fsp3) is 0.896. The minimum Gasteiger partial charge on any atom is -0.466 e. The van der Waals surface area contributed by atoms with Gasteiger partial charge in [0.2, 0.25) is 5.91 Å². The normalized spacial score (nSPS) is 12.7. The number of allylic oxidation sites excluding steroid dienone is 6. The third-order valence-corrected chi connectivity index (χ3v) is 17.7. The lowest BCUT2D eigenvalue weighted by molar-refractivity contribution is -0.143. The Bertz CT molecular complexity index is 1340. The van der Waals surface area contributed by atoms with Crippen LogP contribution in [0, 0.1) is 0 Å². The molecule has 0 aliphatic rings. The van der Waals surface area contributed by atoms with Gasteiger partial charge < -0.3 is 20.3 Å². The predicted molar refractivity (Wildman–Crippen MR) is 366 cm³/mol. The highest BCUT2D eigenvalue weighted by atomic mass is 16.5. The molecule has 6 heteroatoms. The van der Waals surface area contributed by atoms with Crippen molar-refractivity contribution in [2.45, 2.75) is 431 Å². The Hall–Kier alpha value is -1.92. The summed E-state index contributed by atoms with van der Waals surface area (Å²) in [6.45, 7) is 4.98. The monoisotopic (exact) mass is 1170 g/mol. The van der Waals surface area contributed by atoms with Crippen molar-refractivity contribution >= 4 is 11.9 Å². The molecular formula is C77H147NO5. The molecule has 0 saturated carbocycles. The molecular weight excluding hydrogens is 1020 g/mol. The summed E-state index contributed by atoms with van der Waals surface area (Å²) in [5.41, 5.74) is 0. The number of rotatable bonds is 71. The number of hydrogen-bond acceptors (Lipinski definition) is 5. The van der Waals surface area contributed by atoms with Gasteiger partial charge in [-0.25, -0.2) is 0 Å². The smallest absolute Gasteiger partial charge is 0.305 e. The van der Waals surface area contributed by atoms with Crippen LogP contribution in [0.1, 0.15) is 418 Å². The average Bonchev–Trinajstić information content (AvgIpc) is 3.49. The standard InChI is InChI=1S/C77H147NO5/c1-3-5-7-9-11-13-15-17-19-21-35-39-43-47-51-55-59-63-67-71-77(82)83-72-68-64-60-56-52-48-44-40-37-34-32-30-28-26-24-22-23-25-27-29-31-33-36-38-42-46-50-54-58-62-66-70-76(81)78-74(73-79)75(80)69-65-61-57-53-49-45-41-20-18-16-14-12-10-8-6-4-2/h17,19,24,26,30,32,74-75,79-80H,3-16,18,20-23,25,27-29,31,33-73H2,1-2H3,(H,78,81)/b19-17-,26-24-,32-30-. The third-order valence-electron chi connectivity index (χ3n) is 17.7. The Balaban J connectivity index is 3.37. The lowest BCUT2D eigenvalue weighted by Crippen LogP contribution is -2.45. The van der Waals surface area contributed by atoms with Gasteiger partial charge in [0.25, 0.3) is 0 Å². The number of carbonyl (C=O) groups is 2. The molecule has 0 aromatic rings. The highest BCUT2D eigenvalue weighted by Gasteiger charge is 2.20. The number of hydrogen-bond donors (Lipinski definition) is 3. The number of esters is 1. The maximum absolute atomic E-state index is 12.5. The van der Waals surface area contributed by atoms with Crippen LogP contribution in [-0.4, -0.2) is 47.4 Å². The number of aliphatic hydroxyl groups is 2. The molecule has 6 nitrogen and oxygen atoms in total. The van der Waals surface area contributed by atoms with Crippen LogP contribution in [0.3, 0.4) is 0 Å². The van der Waals surface area contributed by atoms with Gasteiger partial charge in [-0.3, -0.25) is 9.59 Å². The Morgan fingerprint density at radius 1 is 0.337 bits per heavy atom. The second-order valence-corrected chi connectivity index (χ2v) is 26.0. The van der Waals surface area contributed by atoms with Gasteiger partial charge in [-0.1, -0.05) is 359 Å². The lowest BCUT2D eigenvalue weighted by Gasteiger charge is -2.22. The van der Waals surface area contributed by atoms with Gasteiger partial charge in [-0.2, -0.15) is 0 Å². The number of nitrogens with one attached hydrogen (secondary N) is 1. The molecule has 0 aliphatic heterocycles. The van der Waals surface area contributed by atoms with Gasteiger partial charge in [0.1, 0.15) is 0 Å². The van der Waals surface area contributed by atoms with E-state index in [0.717, 1.165) is 51.4 Å². The van der Waals surface area contributed by atoms with Crippen molar-refractivity contribution in [2.24, 2.45) is 0 Å². The van der Waals surface area contributed by atoms with Crippen LogP contribution in [-0.2, 0) is 14.3 Å². The number of carbonyl (C=O) groups excluding carboxylic acids is 2. The zero-order valence-corrected chi connectivity index (χ0v) is 56.2. The van der Waals surface area contributed by atoms with Crippen LogP contribution in [0.4, 0.5) is 0 Å². The maximum atomic E-state index is 12.5. The summed E-state index contributed by atoms with van der Waals surface area (Å²) in [6.07, 6.45) is 93.6. The highest BCUT2D eigenvalue weighted by Crippen LogP contribution is 2.19. The molecule has 0 rings (SSSR count). The summed E-state index contributed by atoms with van der Waals surface area (Å²) in [7, 11) is 0. The number of aliphatic hydroxyl groups excluding tert-OH is 2. The van der Waals surface area contributed by atoms with Crippen molar-refractivity contribution in [3.8, 4) is 0 Å². The number of unbranched alkanes of at least 4 members (excludes halogenated alkanes) is 54. The molecule has 0 aromatic carbocycles. The van der Waals surface area contributed by atoms with Gasteiger partial charge in [0.05, 0.1) is 25.4 Å². The molecule has 490 valence electrons. The minimum absolute atomic E-state index is 0.0134. The lowest BCUT2D eigenvalue weighted by atomic mass is 10.0. The van der Waals surface area contributed by atoms with Crippen molar-refractivity contribution in [3.05, 3.63) is 36.5 Å². The van der Waals surface area contributed by atoms with E-state index >= 15 is 0 Å². The Kier molecular flexibility index (Phi) is 70.9. The molecule has 0 saturated heterocycles. The van der Waals surface area contributed by atoms with E-state index in [4.69, 9.17) is 4.74 Å². The Morgan fingerprint density at radius 2 is 0.602 bits per heavy atom. The summed E-state index contributed by atoms with van der Waals surface area (Å²) < 4.78 is 5.51. The second-order valence-electron chi connectivity index (χ2n) is 26.0. The molecule has 3 N–H and O–H groups in total. The number of amides is 1. The largest absolute Gasteiger partial charge is 0.466 e. The van der Waals surface area contributed by atoms with E-state index in [0.29, 0.717) is 25.9 Å². The van der Waals surface area contributed by atoms with Gasteiger partial charge >= 0.3 is 5.97 Å². The van der Waals surface area contributed by atoms with E-state index in [2.05, 4.69) is 55.6 Å². The van der Waals surface area contributed by atoms with Crippen LogP contribution in [0.5, 0.6) is 0 Å². The molecule has 83 heavy (non-hydrogen) atoms. The third kappa shape index (κ3) is 69.1. The Labute approximate surface area is 519 Å². The van der Waals surface area contributed by atoms with Crippen molar-refractivity contribution in [3.63, 3.8) is 0 Å². The molecule has 0 fully saturated rings. The SMILES string of the molecule is CCCCCCCC/C=C\CCCCCCCCCCCC(=O)OCCCCCCCCCCC/C=C\C/C=C\CCCCCCCCCCCCCCCCCC(=O)NC(CO)C(O)CCCCCCCCCCCCCCCCCC. The van der Waals surface area contributed by atoms with Crippen LogP contribution in [0.25, 0.3) is 0 Å². The summed E-state index contributed by atoms with van der Waals surface area (Å²) in [6, 6.07) is -0.541. The maximum Gasteiger partial charge on any atom is 0.305 e. The van der Waals surface area contributed by atoms with Crippen LogP contribution in [0.15, 0.2) is 36.5 Å². The van der Waals surface area contributed by atoms with E-state index in [1.54, 1.807) is 0 Å². The molecule has 0 radical (unpaired) electrons. The fourth-order valence-electron chi connectivity index (χ4n) is 11.9. The molecule has 1 amide bonds. The first-order valence-electron chi connectivity index (χ1n) is 37.7. The zero-order valence-electron chi connectivity index (χ0n) is 56.2. The quantitative estimate of drug-likeness (QED) is 0.0320. The molecule has 0 spiro atoms. The second kappa shape index (κ2) is 72.6. The average molecular weight is 1170 g/mol. The van der Waals surface area contributed by atoms with Crippen LogP contribution >= 0.6 is 0 Å². The number of ether oxygens (including phenoxy) is 1. The van der Waals surface area contributed by atoms with Crippen LogP contribution < -0.4 is 5.32 Å². The van der Waals surface area contributed by atoms with Gasteiger partial charge in [0, 0.05) is 12.8 Å². The van der Waals surface area contributed by atoms with E-state index in [-0.39, 0.29) is 18.5 Å². The first-order chi connectivity index (χ1) is 41.0. The highest BCUT2D eigenvalue weighted by molar-refractivity contribution is 5.76. The van der Waals surface area contributed by atoms with Gasteiger partial charge in [-0.05, 0) is 83.5 Å². The molecule has 0 heterocycles. The van der Waals surface area contributed by atoms with E-state index in [9.17, 15) is 19.8 Å². The Morgan fingerprint density at radius 3 is 0.928 bits per heavy atom. The van der Waals surface area contributed by atoms with E-state index in [1.165, 1.54) is 334 Å². The summed E-state index contributed by atoms with van der Waals surface area (Å²) >= 11 is 0. The van der Waals surface area contributed by atoms with Gasteiger partial charge in [-0.15, -0.1) is 0 Å². The molecule has 0 aromatic heterocycles. The fourth-order valence-corrected chi connectivity index (χ4v) is 11.9.